The van der Waals surface area contributed by atoms with Crippen LogP contribution in [0.5, 0.6) is 0 Å². The molecule has 0 bridgehead atoms. The van der Waals surface area contributed by atoms with Crippen LogP contribution >= 0.6 is 0 Å². The first kappa shape index (κ1) is 14.4. The first-order valence-corrected chi connectivity index (χ1v) is 7.67. The number of para-hydroxylation sites is 2. The number of likely N-dealkylation sites (tertiary alicyclic amines) is 1. The number of nitrogens with one attached hydrogen (secondary N) is 1. The molecule has 1 saturated heterocycles. The molecular formula is C16H23N3O2. The van der Waals surface area contributed by atoms with Crippen molar-refractivity contribution in [1.82, 2.24) is 14.5 Å². The number of aromatic amines is 1. The van der Waals surface area contributed by atoms with Gasteiger partial charge in [0.25, 0.3) is 0 Å². The number of hydrogen-bond donors (Lipinski definition) is 2. The molecule has 3 rings (SSSR count). The van der Waals surface area contributed by atoms with Gasteiger partial charge in [-0.2, -0.15) is 0 Å². The Kier molecular flexibility index (Phi) is 3.87. The molecule has 1 aromatic carbocycles. The lowest BCUT2D eigenvalue weighted by Gasteiger charge is -2.35. The fourth-order valence-electron chi connectivity index (χ4n) is 3.04. The second kappa shape index (κ2) is 5.66. The first-order valence-electron chi connectivity index (χ1n) is 7.67. The van der Waals surface area contributed by atoms with Crippen molar-refractivity contribution in [1.29, 1.82) is 0 Å². The molecule has 0 atom stereocenters. The monoisotopic (exact) mass is 289 g/mol. The third-order valence-electron chi connectivity index (χ3n) is 4.47. The number of benzene rings is 1. The summed E-state index contributed by atoms with van der Waals surface area (Å²) in [5.41, 5.74) is 1.35. The van der Waals surface area contributed by atoms with Crippen molar-refractivity contribution in [3.05, 3.63) is 34.7 Å². The minimum atomic E-state index is -0.496. The molecule has 1 fully saturated rings. The molecule has 1 aliphatic rings. The lowest BCUT2D eigenvalue weighted by atomic mass is 9.94. The number of fused-ring (bicyclic) bond motifs is 1. The summed E-state index contributed by atoms with van der Waals surface area (Å²) in [7, 11) is 0. The second-order valence-electron chi connectivity index (χ2n) is 6.29. The van der Waals surface area contributed by atoms with E-state index in [9.17, 15) is 9.90 Å². The van der Waals surface area contributed by atoms with Crippen LogP contribution in [0.15, 0.2) is 29.1 Å². The Hall–Kier alpha value is -1.59. The third kappa shape index (κ3) is 3.19. The summed E-state index contributed by atoms with van der Waals surface area (Å²) in [5.74, 6) is 0. The van der Waals surface area contributed by atoms with Gasteiger partial charge in [0.15, 0.2) is 0 Å². The number of aryl methyl sites for hydroxylation is 1. The van der Waals surface area contributed by atoms with Crippen molar-refractivity contribution < 1.29 is 5.11 Å². The topological polar surface area (TPSA) is 61.3 Å². The summed E-state index contributed by atoms with van der Waals surface area (Å²) in [6, 6.07) is 7.80. The Labute approximate surface area is 124 Å². The van der Waals surface area contributed by atoms with Crippen LogP contribution in [0.3, 0.4) is 0 Å². The van der Waals surface area contributed by atoms with Gasteiger partial charge in [-0.15, -0.1) is 0 Å². The highest BCUT2D eigenvalue weighted by atomic mass is 16.3. The van der Waals surface area contributed by atoms with E-state index in [1.807, 2.05) is 35.8 Å². The van der Waals surface area contributed by atoms with Crippen LogP contribution in [0, 0.1) is 0 Å². The number of rotatable bonds is 4. The third-order valence-corrected chi connectivity index (χ3v) is 4.47. The van der Waals surface area contributed by atoms with Crippen molar-refractivity contribution in [2.75, 3.05) is 19.6 Å². The maximum Gasteiger partial charge on any atom is 0.326 e. The van der Waals surface area contributed by atoms with Crippen molar-refractivity contribution in [3.8, 4) is 0 Å². The zero-order valence-electron chi connectivity index (χ0n) is 12.5. The molecular weight excluding hydrogens is 266 g/mol. The van der Waals surface area contributed by atoms with Crippen LogP contribution in [0.1, 0.15) is 26.2 Å². The summed E-state index contributed by atoms with van der Waals surface area (Å²) in [5, 5.41) is 9.95. The number of H-pyrrole nitrogens is 1. The molecule has 5 heteroatoms. The van der Waals surface area contributed by atoms with Crippen LogP contribution in [-0.4, -0.2) is 44.8 Å². The Balaban J connectivity index is 1.58. The van der Waals surface area contributed by atoms with Gasteiger partial charge >= 0.3 is 5.69 Å². The smallest absolute Gasteiger partial charge is 0.326 e. The molecule has 0 aliphatic carbocycles. The number of piperidine rings is 1. The molecule has 2 aromatic rings. The van der Waals surface area contributed by atoms with Gasteiger partial charge in [-0.3, -0.25) is 4.57 Å². The molecule has 2 N–H and O–H groups in total. The van der Waals surface area contributed by atoms with Gasteiger partial charge in [-0.1, -0.05) is 12.1 Å². The molecule has 1 aromatic heterocycles. The van der Waals surface area contributed by atoms with Crippen LogP contribution in [0.4, 0.5) is 0 Å². The summed E-state index contributed by atoms with van der Waals surface area (Å²) >= 11 is 0. The predicted molar refractivity (Wildman–Crippen MR) is 83.5 cm³/mol. The molecule has 0 amide bonds. The highest BCUT2D eigenvalue weighted by Gasteiger charge is 2.26. The number of nitrogens with zero attached hydrogens (tertiary/aromatic N) is 2. The summed E-state index contributed by atoms with van der Waals surface area (Å²) < 4.78 is 1.81. The number of aromatic nitrogens is 2. The van der Waals surface area contributed by atoms with E-state index in [4.69, 9.17) is 0 Å². The molecule has 0 spiro atoms. The summed E-state index contributed by atoms with van der Waals surface area (Å²) in [4.78, 5) is 17.2. The van der Waals surface area contributed by atoms with Crippen molar-refractivity contribution in [3.63, 3.8) is 0 Å². The van der Waals surface area contributed by atoms with E-state index in [0.29, 0.717) is 0 Å². The Bertz CT molecular complexity index is 661. The first-order chi connectivity index (χ1) is 10.1. The predicted octanol–water partition coefficient (Wildman–Crippen LogP) is 1.57. The zero-order chi connectivity index (χ0) is 14.9. The van der Waals surface area contributed by atoms with Crippen LogP contribution in [0.25, 0.3) is 11.0 Å². The van der Waals surface area contributed by atoms with E-state index in [1.54, 1.807) is 0 Å². The van der Waals surface area contributed by atoms with Gasteiger partial charge in [0.2, 0.25) is 0 Å². The van der Waals surface area contributed by atoms with Gasteiger partial charge in [0.1, 0.15) is 0 Å². The minimum absolute atomic E-state index is 0.0298. The number of hydrogen-bond acceptors (Lipinski definition) is 3. The van der Waals surface area contributed by atoms with Crippen molar-refractivity contribution in [2.45, 2.75) is 38.3 Å². The van der Waals surface area contributed by atoms with Crippen LogP contribution in [-0.2, 0) is 6.54 Å². The van der Waals surface area contributed by atoms with E-state index in [2.05, 4.69) is 9.88 Å². The molecule has 1 aliphatic heterocycles. The van der Waals surface area contributed by atoms with E-state index < -0.39 is 5.60 Å². The normalized spacial score (nSPS) is 19.1. The molecule has 0 unspecified atom stereocenters. The Morgan fingerprint density at radius 2 is 1.95 bits per heavy atom. The van der Waals surface area contributed by atoms with E-state index in [-0.39, 0.29) is 5.69 Å². The standard InChI is InChI=1S/C16H23N3O2/c1-16(21)7-11-18(12-8-16)9-4-10-19-14-6-3-2-5-13(14)17-15(19)20/h2-3,5-6,21H,4,7-12H2,1H3,(H,17,20). The SMILES string of the molecule is CC1(O)CCN(CCCn2c(=O)[nH]c3ccccc32)CC1. The largest absolute Gasteiger partial charge is 0.390 e. The van der Waals surface area contributed by atoms with E-state index >= 15 is 0 Å². The van der Waals surface area contributed by atoms with Gasteiger partial charge in [0.05, 0.1) is 16.6 Å². The maximum absolute atomic E-state index is 12.0. The Morgan fingerprint density at radius 1 is 1.24 bits per heavy atom. The Morgan fingerprint density at radius 3 is 2.71 bits per heavy atom. The van der Waals surface area contributed by atoms with E-state index in [0.717, 1.165) is 56.5 Å². The van der Waals surface area contributed by atoms with Gasteiger partial charge in [-0.25, -0.2) is 4.79 Å². The second-order valence-corrected chi connectivity index (χ2v) is 6.29. The molecule has 2 heterocycles. The average Bonchev–Trinajstić information content (AvgIpc) is 2.77. The lowest BCUT2D eigenvalue weighted by molar-refractivity contribution is -0.00562. The van der Waals surface area contributed by atoms with Gasteiger partial charge < -0.3 is 15.0 Å². The summed E-state index contributed by atoms with van der Waals surface area (Å²) in [6.07, 6.45) is 2.62. The van der Waals surface area contributed by atoms with Gasteiger partial charge in [0, 0.05) is 19.6 Å². The van der Waals surface area contributed by atoms with Crippen LogP contribution in [0.2, 0.25) is 0 Å². The minimum Gasteiger partial charge on any atom is -0.390 e. The van der Waals surface area contributed by atoms with Crippen LogP contribution < -0.4 is 5.69 Å². The highest BCUT2D eigenvalue weighted by Crippen LogP contribution is 2.21. The zero-order valence-corrected chi connectivity index (χ0v) is 12.5. The fraction of sp³-hybridized carbons (Fsp3) is 0.562. The molecule has 5 nitrogen and oxygen atoms in total. The van der Waals surface area contributed by atoms with Gasteiger partial charge in [-0.05, 0) is 44.9 Å². The average molecular weight is 289 g/mol. The lowest BCUT2D eigenvalue weighted by Crippen LogP contribution is -2.42. The number of imidazole rings is 1. The number of aliphatic hydroxyl groups is 1. The molecule has 114 valence electrons. The fourth-order valence-corrected chi connectivity index (χ4v) is 3.04. The molecule has 0 radical (unpaired) electrons. The quantitative estimate of drug-likeness (QED) is 0.898. The maximum atomic E-state index is 12.0. The summed E-state index contributed by atoms with van der Waals surface area (Å²) in [6.45, 7) is 5.50. The molecule has 21 heavy (non-hydrogen) atoms. The van der Waals surface area contributed by atoms with E-state index in [1.165, 1.54) is 0 Å². The highest BCUT2D eigenvalue weighted by molar-refractivity contribution is 5.74. The molecule has 0 saturated carbocycles. The van der Waals surface area contributed by atoms with Crippen molar-refractivity contribution >= 4 is 11.0 Å². The van der Waals surface area contributed by atoms with Crippen molar-refractivity contribution in [2.24, 2.45) is 0 Å².